The molecule has 1 fully saturated rings. The van der Waals surface area contributed by atoms with Gasteiger partial charge in [0.05, 0.1) is 3.57 Å². The number of anilines is 3. The predicted molar refractivity (Wildman–Crippen MR) is 90.0 cm³/mol. The third-order valence-corrected chi connectivity index (χ3v) is 4.22. The zero-order valence-electron chi connectivity index (χ0n) is 11.0. The summed E-state index contributed by atoms with van der Waals surface area (Å²) in [5.74, 6) is 1.04. The van der Waals surface area contributed by atoms with Crippen LogP contribution in [0.3, 0.4) is 0 Å². The third kappa shape index (κ3) is 2.79. The number of hydrogen-bond donors (Lipinski definition) is 1. The minimum atomic E-state index is 0.815. The Labute approximate surface area is 132 Å². The van der Waals surface area contributed by atoms with Crippen molar-refractivity contribution in [2.45, 2.75) is 0 Å². The molecule has 20 heavy (non-hydrogen) atoms. The van der Waals surface area contributed by atoms with Crippen molar-refractivity contribution in [3.05, 3.63) is 40.4 Å². The molecule has 2 N–H and O–H groups in total. The molecule has 3 rings (SSSR count). The van der Waals surface area contributed by atoms with Gasteiger partial charge in [0.15, 0.2) is 0 Å². The van der Waals surface area contributed by atoms with E-state index in [4.69, 9.17) is 5.73 Å². The lowest BCUT2D eigenvalue weighted by molar-refractivity contribution is 0.645. The van der Waals surface area contributed by atoms with Crippen LogP contribution in [0.25, 0.3) is 0 Å². The van der Waals surface area contributed by atoms with Crippen LogP contribution in [0.5, 0.6) is 0 Å². The van der Waals surface area contributed by atoms with Crippen LogP contribution in [-0.2, 0) is 0 Å². The molecule has 5 nitrogen and oxygen atoms in total. The smallest absolute Gasteiger partial charge is 0.145 e. The molecule has 1 aromatic heterocycles. The van der Waals surface area contributed by atoms with Gasteiger partial charge >= 0.3 is 0 Å². The van der Waals surface area contributed by atoms with E-state index in [-0.39, 0.29) is 0 Å². The van der Waals surface area contributed by atoms with E-state index in [0.29, 0.717) is 0 Å². The van der Waals surface area contributed by atoms with Crippen molar-refractivity contribution in [2.75, 3.05) is 41.7 Å². The van der Waals surface area contributed by atoms with Crippen molar-refractivity contribution in [1.82, 2.24) is 9.97 Å². The largest absolute Gasteiger partial charge is 0.399 e. The minimum Gasteiger partial charge on any atom is -0.399 e. The second-order valence-corrected chi connectivity index (χ2v) is 5.93. The fourth-order valence-corrected chi connectivity index (χ4v) is 3.08. The number of piperazine rings is 1. The first-order valence-electron chi connectivity index (χ1n) is 6.55. The molecule has 0 spiro atoms. The average molecular weight is 381 g/mol. The summed E-state index contributed by atoms with van der Waals surface area (Å²) < 4.78 is 1.10. The van der Waals surface area contributed by atoms with Gasteiger partial charge in [-0.25, -0.2) is 9.97 Å². The molecule has 0 bridgehead atoms. The van der Waals surface area contributed by atoms with Gasteiger partial charge in [0.1, 0.15) is 12.1 Å². The molecular formula is C14H16IN5. The van der Waals surface area contributed by atoms with E-state index in [2.05, 4.69) is 48.4 Å². The van der Waals surface area contributed by atoms with Crippen LogP contribution in [0.2, 0.25) is 0 Å². The van der Waals surface area contributed by atoms with E-state index in [1.807, 2.05) is 24.4 Å². The molecule has 104 valence electrons. The summed E-state index contributed by atoms with van der Waals surface area (Å²) in [6, 6.07) is 8.07. The molecule has 2 aromatic rings. The number of benzene rings is 1. The Hall–Kier alpha value is -1.57. The normalized spacial score (nSPS) is 15.4. The van der Waals surface area contributed by atoms with Crippen LogP contribution in [-0.4, -0.2) is 36.1 Å². The minimum absolute atomic E-state index is 0.815. The molecule has 0 atom stereocenters. The van der Waals surface area contributed by atoms with Gasteiger partial charge in [-0.2, -0.15) is 0 Å². The zero-order chi connectivity index (χ0) is 13.9. The maximum Gasteiger partial charge on any atom is 0.145 e. The first kappa shape index (κ1) is 13.4. The van der Waals surface area contributed by atoms with E-state index in [1.165, 1.54) is 5.69 Å². The monoisotopic (exact) mass is 381 g/mol. The van der Waals surface area contributed by atoms with Crippen molar-refractivity contribution in [1.29, 1.82) is 0 Å². The van der Waals surface area contributed by atoms with Gasteiger partial charge in [-0.3, -0.25) is 0 Å². The van der Waals surface area contributed by atoms with E-state index < -0.39 is 0 Å². The highest BCUT2D eigenvalue weighted by molar-refractivity contribution is 14.1. The van der Waals surface area contributed by atoms with Crippen molar-refractivity contribution in [3.8, 4) is 0 Å². The Balaban J connectivity index is 1.70. The van der Waals surface area contributed by atoms with Gasteiger partial charge in [-0.1, -0.05) is 6.07 Å². The van der Waals surface area contributed by atoms with Gasteiger partial charge in [-0.15, -0.1) is 0 Å². The number of hydrogen-bond acceptors (Lipinski definition) is 5. The number of rotatable bonds is 2. The molecule has 0 radical (unpaired) electrons. The third-order valence-electron chi connectivity index (χ3n) is 3.46. The van der Waals surface area contributed by atoms with Gasteiger partial charge in [0.25, 0.3) is 0 Å². The maximum atomic E-state index is 5.85. The van der Waals surface area contributed by atoms with Crippen molar-refractivity contribution in [2.24, 2.45) is 0 Å². The molecule has 0 saturated carbocycles. The lowest BCUT2D eigenvalue weighted by Gasteiger charge is -2.37. The summed E-state index contributed by atoms with van der Waals surface area (Å²) in [6.45, 7) is 3.87. The van der Waals surface area contributed by atoms with Gasteiger partial charge < -0.3 is 15.5 Å². The number of halogens is 1. The Morgan fingerprint density at radius 2 is 1.85 bits per heavy atom. The average Bonchev–Trinajstić information content (AvgIpc) is 2.48. The Morgan fingerprint density at radius 1 is 1.10 bits per heavy atom. The summed E-state index contributed by atoms with van der Waals surface area (Å²) in [4.78, 5) is 13.1. The van der Waals surface area contributed by atoms with Crippen LogP contribution in [0.1, 0.15) is 0 Å². The van der Waals surface area contributed by atoms with Crippen LogP contribution in [0, 0.1) is 3.57 Å². The van der Waals surface area contributed by atoms with Crippen molar-refractivity contribution in [3.63, 3.8) is 0 Å². The molecule has 0 unspecified atom stereocenters. The van der Waals surface area contributed by atoms with Gasteiger partial charge in [-0.05, 0) is 40.8 Å². The van der Waals surface area contributed by atoms with E-state index in [0.717, 1.165) is 41.3 Å². The highest BCUT2D eigenvalue weighted by Gasteiger charge is 2.19. The van der Waals surface area contributed by atoms with Crippen LogP contribution in [0.15, 0.2) is 36.8 Å². The standard InChI is InChI=1S/C14H16IN5/c15-13-9-17-10-18-14(13)20-6-4-19(5-7-20)12-3-1-2-11(16)8-12/h1-3,8-10H,4-7,16H2. The Bertz CT molecular complexity index is 596. The lowest BCUT2D eigenvalue weighted by atomic mass is 10.2. The first-order valence-corrected chi connectivity index (χ1v) is 7.63. The predicted octanol–water partition coefficient (Wildman–Crippen LogP) is 1.99. The summed E-state index contributed by atoms with van der Waals surface area (Å²) >= 11 is 2.29. The molecule has 0 aliphatic carbocycles. The van der Waals surface area contributed by atoms with Gasteiger partial charge in [0.2, 0.25) is 0 Å². The maximum absolute atomic E-state index is 5.85. The van der Waals surface area contributed by atoms with Crippen LogP contribution >= 0.6 is 22.6 Å². The molecule has 2 heterocycles. The molecule has 6 heteroatoms. The number of aromatic nitrogens is 2. The quantitative estimate of drug-likeness (QED) is 0.637. The fourth-order valence-electron chi connectivity index (χ4n) is 2.44. The van der Waals surface area contributed by atoms with E-state index in [1.54, 1.807) is 6.33 Å². The van der Waals surface area contributed by atoms with Crippen molar-refractivity contribution < 1.29 is 0 Å². The summed E-state index contributed by atoms with van der Waals surface area (Å²) in [7, 11) is 0. The van der Waals surface area contributed by atoms with E-state index in [9.17, 15) is 0 Å². The van der Waals surface area contributed by atoms with Crippen LogP contribution < -0.4 is 15.5 Å². The molecule has 1 aromatic carbocycles. The molecule has 1 saturated heterocycles. The molecule has 1 aliphatic rings. The van der Waals surface area contributed by atoms with E-state index >= 15 is 0 Å². The zero-order valence-corrected chi connectivity index (χ0v) is 13.2. The van der Waals surface area contributed by atoms with Crippen LogP contribution in [0.4, 0.5) is 17.2 Å². The highest BCUT2D eigenvalue weighted by Crippen LogP contribution is 2.23. The summed E-state index contributed by atoms with van der Waals surface area (Å²) in [5, 5.41) is 0. The van der Waals surface area contributed by atoms with Gasteiger partial charge in [0, 0.05) is 43.8 Å². The Kier molecular flexibility index (Phi) is 3.90. The molecule has 1 aliphatic heterocycles. The Morgan fingerprint density at radius 3 is 2.55 bits per heavy atom. The second kappa shape index (κ2) is 5.82. The SMILES string of the molecule is Nc1cccc(N2CCN(c3ncncc3I)CC2)c1. The first-order chi connectivity index (χ1) is 9.74. The molecule has 0 amide bonds. The number of nitrogens with two attached hydrogens (primary N) is 1. The summed E-state index contributed by atoms with van der Waals surface area (Å²) in [5.41, 5.74) is 7.86. The lowest BCUT2D eigenvalue weighted by Crippen LogP contribution is -2.47. The number of nitrogens with zero attached hydrogens (tertiary/aromatic N) is 4. The highest BCUT2D eigenvalue weighted by atomic mass is 127. The number of nitrogen functional groups attached to an aromatic ring is 1. The second-order valence-electron chi connectivity index (χ2n) is 4.76. The fraction of sp³-hybridized carbons (Fsp3) is 0.286. The molecular weight excluding hydrogens is 365 g/mol. The topological polar surface area (TPSA) is 58.3 Å². The summed E-state index contributed by atoms with van der Waals surface area (Å²) in [6.07, 6.45) is 3.47. The van der Waals surface area contributed by atoms with Crippen molar-refractivity contribution >= 4 is 39.8 Å².